The second kappa shape index (κ2) is 11.0. The van der Waals surface area contributed by atoms with E-state index in [4.69, 9.17) is 11.6 Å². The second-order valence-electron chi connectivity index (χ2n) is 9.32. The summed E-state index contributed by atoms with van der Waals surface area (Å²) in [6, 6.07) is 18.8. The number of nitrogens with one attached hydrogen (secondary N) is 3. The number of carbonyl (C=O) groups is 1. The summed E-state index contributed by atoms with van der Waals surface area (Å²) >= 11 is 8.62. The Bertz CT molecular complexity index is 2020. The molecule has 204 valence electrons. The Kier molecular flexibility index (Phi) is 7.08. The Morgan fingerprint density at radius 3 is 2.63 bits per heavy atom. The maximum absolute atomic E-state index is 14.3. The molecular weight excluding hydrogens is 560 g/mol. The molecule has 41 heavy (non-hydrogen) atoms. The largest absolute Gasteiger partial charge is 0.361 e. The molecule has 0 spiro atoms. The van der Waals surface area contributed by atoms with Gasteiger partial charge in [-0.25, -0.2) is 9.97 Å². The van der Waals surface area contributed by atoms with Crippen molar-refractivity contribution >= 4 is 56.5 Å². The lowest BCUT2D eigenvalue weighted by molar-refractivity contribution is 0.0953. The average molecular weight is 583 g/mol. The van der Waals surface area contributed by atoms with Gasteiger partial charge in [0.2, 0.25) is 0 Å². The van der Waals surface area contributed by atoms with Crippen LogP contribution in [0.1, 0.15) is 33.9 Å². The fourth-order valence-corrected chi connectivity index (χ4v) is 5.95. The molecule has 0 saturated carbocycles. The number of para-hydroxylation sites is 1. The first kappa shape index (κ1) is 26.4. The average Bonchev–Trinajstić information content (AvgIpc) is 3.51. The van der Waals surface area contributed by atoms with Crippen molar-refractivity contribution in [1.29, 1.82) is 0 Å². The number of aromatic nitrogens is 4. The van der Waals surface area contributed by atoms with E-state index in [9.17, 15) is 14.4 Å². The number of hydrogen-bond donors (Lipinski definition) is 3. The number of aromatic amines is 1. The maximum atomic E-state index is 14.3. The first-order chi connectivity index (χ1) is 19.9. The molecule has 0 bridgehead atoms. The van der Waals surface area contributed by atoms with Crippen LogP contribution in [-0.2, 0) is 6.54 Å². The topological polar surface area (TPSA) is 122 Å². The molecule has 0 saturated heterocycles. The number of hydrogen-bond acceptors (Lipinski definition) is 7. The summed E-state index contributed by atoms with van der Waals surface area (Å²) in [6.07, 6.45) is 2.87. The molecule has 0 radical (unpaired) electrons. The Labute approximate surface area is 242 Å². The zero-order chi connectivity index (χ0) is 28.5. The van der Waals surface area contributed by atoms with Crippen LogP contribution in [0.4, 0.5) is 5.82 Å². The summed E-state index contributed by atoms with van der Waals surface area (Å²) in [5.74, 6) is -0.0725. The first-order valence-electron chi connectivity index (χ1n) is 12.8. The van der Waals surface area contributed by atoms with Gasteiger partial charge in [0.1, 0.15) is 23.2 Å². The van der Waals surface area contributed by atoms with Crippen LogP contribution in [0.25, 0.3) is 27.5 Å². The van der Waals surface area contributed by atoms with Crippen LogP contribution in [0.3, 0.4) is 0 Å². The lowest BCUT2D eigenvalue weighted by Crippen LogP contribution is -2.29. The molecule has 0 aliphatic rings. The lowest BCUT2D eigenvalue weighted by Gasteiger charge is -2.24. The number of carbonyl (C=O) groups excluding carboxylic acids is 1. The molecular formula is C30H23ClN6O3S. The molecule has 4 heterocycles. The summed E-state index contributed by atoms with van der Waals surface area (Å²) in [5, 5.41) is 9.36. The quantitative estimate of drug-likeness (QED) is 0.230. The summed E-state index contributed by atoms with van der Waals surface area (Å²) in [5.41, 5.74) is 0.986. The van der Waals surface area contributed by atoms with Crippen LogP contribution in [0.15, 0.2) is 94.2 Å². The van der Waals surface area contributed by atoms with Gasteiger partial charge in [-0.1, -0.05) is 48.0 Å². The van der Waals surface area contributed by atoms with Gasteiger partial charge in [-0.15, -0.1) is 11.3 Å². The third-order valence-corrected chi connectivity index (χ3v) is 8.03. The maximum Gasteiger partial charge on any atom is 0.264 e. The monoisotopic (exact) mass is 582 g/mol. The minimum absolute atomic E-state index is 0.213. The molecule has 6 rings (SSSR count). The number of H-pyrrole nitrogens is 1. The van der Waals surface area contributed by atoms with Crippen molar-refractivity contribution in [1.82, 2.24) is 24.8 Å². The SMILES string of the molecule is C[C@H](Nc1ncnc2[nH]ccc(=O)c12)c1c(Cl)c2cccc(C(=O)NCc3cccs3)c2c(=O)n1-c1ccccc1. The number of nitrogens with zero attached hydrogens (tertiary/aromatic N) is 3. The van der Waals surface area contributed by atoms with E-state index in [0.717, 1.165) is 4.88 Å². The number of rotatable bonds is 7. The Morgan fingerprint density at radius 2 is 1.85 bits per heavy atom. The highest BCUT2D eigenvalue weighted by molar-refractivity contribution is 7.09. The fraction of sp³-hybridized carbons (Fsp3) is 0.100. The molecule has 3 N–H and O–H groups in total. The van der Waals surface area contributed by atoms with Gasteiger partial charge in [-0.05, 0) is 36.6 Å². The predicted molar refractivity (Wildman–Crippen MR) is 162 cm³/mol. The highest BCUT2D eigenvalue weighted by Crippen LogP contribution is 2.34. The highest BCUT2D eigenvalue weighted by Gasteiger charge is 2.25. The summed E-state index contributed by atoms with van der Waals surface area (Å²) < 4.78 is 1.51. The van der Waals surface area contributed by atoms with E-state index in [1.54, 1.807) is 30.3 Å². The van der Waals surface area contributed by atoms with Gasteiger partial charge in [0.05, 0.1) is 34.3 Å². The van der Waals surface area contributed by atoms with Crippen LogP contribution in [0, 0.1) is 0 Å². The van der Waals surface area contributed by atoms with Crippen LogP contribution >= 0.6 is 22.9 Å². The van der Waals surface area contributed by atoms with Crippen LogP contribution in [-0.4, -0.2) is 25.4 Å². The Balaban J connectivity index is 1.52. The minimum atomic E-state index is -0.589. The van der Waals surface area contributed by atoms with Gasteiger partial charge >= 0.3 is 0 Å². The molecule has 1 amide bonds. The standard InChI is InChI=1S/C30H23ClN6O3S/c1-17(36-28-24-22(38)12-13-32-27(24)34-16-35-28)26-25(31)20-10-5-11-21(29(39)33-15-19-9-6-14-41-19)23(20)30(40)37(26)18-7-3-2-4-8-18/h2-14,16-17H,15H2,1H3,(H,33,39)(H2,32,34,35,36,38)/t17-/m0/s1. The second-order valence-corrected chi connectivity index (χ2v) is 10.7. The van der Waals surface area contributed by atoms with Gasteiger partial charge < -0.3 is 15.6 Å². The fourth-order valence-electron chi connectivity index (χ4n) is 4.90. The number of fused-ring (bicyclic) bond motifs is 2. The van der Waals surface area contributed by atoms with Crippen molar-refractivity contribution in [2.45, 2.75) is 19.5 Å². The van der Waals surface area contributed by atoms with Crippen molar-refractivity contribution in [2.75, 3.05) is 5.32 Å². The number of anilines is 1. The molecule has 0 unspecified atom stereocenters. The van der Waals surface area contributed by atoms with E-state index in [-0.39, 0.29) is 27.7 Å². The van der Waals surface area contributed by atoms with Gasteiger partial charge in [0, 0.05) is 28.2 Å². The van der Waals surface area contributed by atoms with E-state index >= 15 is 0 Å². The van der Waals surface area contributed by atoms with Crippen molar-refractivity contribution in [2.24, 2.45) is 0 Å². The number of thiophene rings is 1. The van der Waals surface area contributed by atoms with Crippen LogP contribution in [0.5, 0.6) is 0 Å². The van der Waals surface area contributed by atoms with E-state index in [2.05, 4.69) is 25.6 Å². The van der Waals surface area contributed by atoms with E-state index in [1.807, 2.05) is 42.6 Å². The van der Waals surface area contributed by atoms with Gasteiger partial charge in [0.25, 0.3) is 11.5 Å². The lowest BCUT2D eigenvalue weighted by atomic mass is 10.0. The van der Waals surface area contributed by atoms with Gasteiger partial charge in [-0.3, -0.25) is 19.0 Å². The van der Waals surface area contributed by atoms with E-state index < -0.39 is 11.6 Å². The zero-order valence-corrected chi connectivity index (χ0v) is 23.3. The Morgan fingerprint density at radius 1 is 1.02 bits per heavy atom. The first-order valence-corrected chi connectivity index (χ1v) is 14.0. The molecule has 1 atom stereocenters. The number of benzene rings is 2. The van der Waals surface area contributed by atoms with Crippen molar-refractivity contribution < 1.29 is 4.79 Å². The molecule has 0 fully saturated rings. The molecule has 0 aliphatic carbocycles. The van der Waals surface area contributed by atoms with Crippen molar-refractivity contribution in [3.05, 3.63) is 126 Å². The number of amides is 1. The third kappa shape index (κ3) is 4.88. The normalized spacial score (nSPS) is 12.0. The van der Waals surface area contributed by atoms with E-state index in [0.29, 0.717) is 39.8 Å². The van der Waals surface area contributed by atoms with Crippen LogP contribution in [0.2, 0.25) is 5.02 Å². The smallest absolute Gasteiger partial charge is 0.264 e. The summed E-state index contributed by atoms with van der Waals surface area (Å²) in [4.78, 5) is 52.7. The number of halogens is 1. The minimum Gasteiger partial charge on any atom is -0.361 e. The van der Waals surface area contributed by atoms with E-state index in [1.165, 1.54) is 34.5 Å². The summed E-state index contributed by atoms with van der Waals surface area (Å²) in [7, 11) is 0. The molecule has 0 aliphatic heterocycles. The highest BCUT2D eigenvalue weighted by atomic mass is 35.5. The van der Waals surface area contributed by atoms with Crippen molar-refractivity contribution in [3.8, 4) is 5.69 Å². The predicted octanol–water partition coefficient (Wildman–Crippen LogP) is 5.44. The molecule has 6 aromatic rings. The molecule has 4 aromatic heterocycles. The van der Waals surface area contributed by atoms with Crippen molar-refractivity contribution in [3.63, 3.8) is 0 Å². The van der Waals surface area contributed by atoms with Gasteiger partial charge in [-0.2, -0.15) is 0 Å². The molecule has 2 aromatic carbocycles. The Hall–Kier alpha value is -4.80. The zero-order valence-electron chi connectivity index (χ0n) is 21.7. The van der Waals surface area contributed by atoms with Gasteiger partial charge in [0.15, 0.2) is 5.43 Å². The summed E-state index contributed by atoms with van der Waals surface area (Å²) in [6.45, 7) is 2.17. The molecule has 11 heteroatoms. The third-order valence-electron chi connectivity index (χ3n) is 6.76. The molecule has 9 nitrogen and oxygen atoms in total. The number of pyridine rings is 2. The van der Waals surface area contributed by atoms with Crippen LogP contribution < -0.4 is 21.6 Å².